The van der Waals surface area contributed by atoms with E-state index in [9.17, 15) is 4.79 Å². The quantitative estimate of drug-likeness (QED) is 0.645. The normalized spacial score (nSPS) is 12.3. The second kappa shape index (κ2) is 8.18. The standard InChI is InChI=1S/C20H19N3O4S/c1-2-25-15-6-3-13(4-7-15)22-20-23-16(12-28-20)19(24)21-14-5-8-17-18(11-14)27-10-9-26-17/h3-8,11-12H,2,9-10H2,1H3,(H,21,24)(H,22,23). The molecular formula is C20H19N3O4S. The second-order valence-corrected chi connectivity index (χ2v) is 6.79. The van der Waals surface area contributed by atoms with E-state index < -0.39 is 0 Å². The average Bonchev–Trinajstić information content (AvgIpc) is 3.18. The highest BCUT2D eigenvalue weighted by Gasteiger charge is 2.15. The summed E-state index contributed by atoms with van der Waals surface area (Å²) in [5, 5.41) is 8.37. The zero-order chi connectivity index (χ0) is 19.3. The minimum absolute atomic E-state index is 0.285. The van der Waals surface area contributed by atoms with E-state index >= 15 is 0 Å². The van der Waals surface area contributed by atoms with E-state index in [0.717, 1.165) is 11.4 Å². The lowest BCUT2D eigenvalue weighted by Gasteiger charge is -2.18. The van der Waals surface area contributed by atoms with Gasteiger partial charge in [-0.05, 0) is 43.3 Å². The number of hydrogen-bond donors (Lipinski definition) is 2. The number of aromatic nitrogens is 1. The monoisotopic (exact) mass is 397 g/mol. The molecule has 8 heteroatoms. The second-order valence-electron chi connectivity index (χ2n) is 5.93. The number of fused-ring (bicyclic) bond motifs is 1. The Hall–Kier alpha value is -3.26. The Kier molecular flexibility index (Phi) is 5.29. The zero-order valence-corrected chi connectivity index (χ0v) is 16.0. The lowest BCUT2D eigenvalue weighted by atomic mass is 10.2. The molecule has 0 aliphatic carbocycles. The van der Waals surface area contributed by atoms with Gasteiger partial charge < -0.3 is 24.8 Å². The maximum absolute atomic E-state index is 12.5. The summed E-state index contributed by atoms with van der Waals surface area (Å²) < 4.78 is 16.4. The van der Waals surface area contributed by atoms with Gasteiger partial charge in [0.2, 0.25) is 0 Å². The molecule has 0 saturated heterocycles. The first kappa shape index (κ1) is 18.1. The van der Waals surface area contributed by atoms with Crippen molar-refractivity contribution in [2.24, 2.45) is 0 Å². The van der Waals surface area contributed by atoms with Gasteiger partial charge in [0.1, 0.15) is 24.7 Å². The molecule has 1 aliphatic heterocycles. The third-order valence-corrected chi connectivity index (χ3v) is 4.71. The smallest absolute Gasteiger partial charge is 0.275 e. The van der Waals surface area contributed by atoms with Crippen molar-refractivity contribution < 1.29 is 19.0 Å². The van der Waals surface area contributed by atoms with Crippen LogP contribution in [0.4, 0.5) is 16.5 Å². The molecule has 1 aliphatic rings. The molecule has 0 radical (unpaired) electrons. The molecule has 144 valence electrons. The van der Waals surface area contributed by atoms with Crippen LogP contribution in [0.1, 0.15) is 17.4 Å². The first-order valence-electron chi connectivity index (χ1n) is 8.87. The predicted molar refractivity (Wildman–Crippen MR) is 108 cm³/mol. The highest BCUT2D eigenvalue weighted by molar-refractivity contribution is 7.14. The Labute approximate surface area is 166 Å². The van der Waals surface area contributed by atoms with Gasteiger partial charge in [0.15, 0.2) is 16.6 Å². The molecule has 0 spiro atoms. The molecule has 7 nitrogen and oxygen atoms in total. The first-order valence-corrected chi connectivity index (χ1v) is 9.75. The molecule has 2 aromatic carbocycles. The summed E-state index contributed by atoms with van der Waals surface area (Å²) in [7, 11) is 0. The molecule has 2 heterocycles. The third-order valence-electron chi connectivity index (χ3n) is 3.95. The largest absolute Gasteiger partial charge is 0.494 e. The number of nitrogens with one attached hydrogen (secondary N) is 2. The highest BCUT2D eigenvalue weighted by Crippen LogP contribution is 2.33. The molecule has 1 amide bonds. The van der Waals surface area contributed by atoms with Crippen LogP contribution in [0.15, 0.2) is 47.8 Å². The van der Waals surface area contributed by atoms with Crippen LogP contribution in [0, 0.1) is 0 Å². The van der Waals surface area contributed by atoms with E-state index in [1.807, 2.05) is 31.2 Å². The van der Waals surface area contributed by atoms with Crippen molar-refractivity contribution in [2.45, 2.75) is 6.92 Å². The maximum atomic E-state index is 12.5. The number of carbonyl (C=O) groups excluding carboxylic acids is 1. The number of benzene rings is 2. The molecule has 0 unspecified atom stereocenters. The number of hydrogen-bond acceptors (Lipinski definition) is 7. The average molecular weight is 397 g/mol. The van der Waals surface area contributed by atoms with E-state index in [4.69, 9.17) is 14.2 Å². The zero-order valence-electron chi connectivity index (χ0n) is 15.2. The van der Waals surface area contributed by atoms with E-state index in [0.29, 0.717) is 47.8 Å². The van der Waals surface area contributed by atoms with Gasteiger partial charge in [-0.1, -0.05) is 0 Å². The van der Waals surface area contributed by atoms with Gasteiger partial charge in [-0.2, -0.15) is 0 Å². The number of anilines is 3. The van der Waals surface area contributed by atoms with Crippen molar-refractivity contribution in [3.8, 4) is 17.2 Å². The summed E-state index contributed by atoms with van der Waals surface area (Å²) in [6.45, 7) is 3.60. The summed E-state index contributed by atoms with van der Waals surface area (Å²) in [6, 6.07) is 12.9. The van der Waals surface area contributed by atoms with Crippen molar-refractivity contribution in [1.29, 1.82) is 0 Å². The van der Waals surface area contributed by atoms with Gasteiger partial charge in [0, 0.05) is 22.8 Å². The summed E-state index contributed by atoms with van der Waals surface area (Å²) in [5.41, 5.74) is 1.84. The van der Waals surface area contributed by atoms with Gasteiger partial charge in [0.05, 0.1) is 6.61 Å². The van der Waals surface area contributed by atoms with E-state index in [-0.39, 0.29) is 5.91 Å². The lowest BCUT2D eigenvalue weighted by Crippen LogP contribution is -2.16. The third kappa shape index (κ3) is 4.17. The molecule has 4 rings (SSSR count). The van der Waals surface area contributed by atoms with Crippen LogP contribution in [-0.4, -0.2) is 30.7 Å². The Morgan fingerprint density at radius 2 is 1.86 bits per heavy atom. The molecule has 28 heavy (non-hydrogen) atoms. The number of carbonyl (C=O) groups is 1. The summed E-state index contributed by atoms with van der Waals surface area (Å²) in [4.78, 5) is 16.8. The van der Waals surface area contributed by atoms with Gasteiger partial charge in [-0.3, -0.25) is 4.79 Å². The van der Waals surface area contributed by atoms with Crippen LogP contribution in [0.5, 0.6) is 17.2 Å². The molecule has 1 aromatic heterocycles. The Morgan fingerprint density at radius 1 is 1.11 bits per heavy atom. The van der Waals surface area contributed by atoms with Crippen LogP contribution in [0.25, 0.3) is 0 Å². The van der Waals surface area contributed by atoms with Crippen molar-refractivity contribution in [3.05, 3.63) is 53.5 Å². The number of nitrogens with zero attached hydrogens (tertiary/aromatic N) is 1. The fraction of sp³-hybridized carbons (Fsp3) is 0.200. The molecule has 2 N–H and O–H groups in total. The predicted octanol–water partition coefficient (Wildman–Crippen LogP) is 4.31. The van der Waals surface area contributed by atoms with Crippen LogP contribution in [0.3, 0.4) is 0 Å². The van der Waals surface area contributed by atoms with Crippen LogP contribution < -0.4 is 24.8 Å². The molecular weight excluding hydrogens is 378 g/mol. The molecule has 3 aromatic rings. The van der Waals surface area contributed by atoms with Gasteiger partial charge in [-0.15, -0.1) is 11.3 Å². The number of amides is 1. The minimum Gasteiger partial charge on any atom is -0.494 e. The first-order chi connectivity index (χ1) is 13.7. The van der Waals surface area contributed by atoms with Crippen molar-refractivity contribution in [2.75, 3.05) is 30.5 Å². The van der Waals surface area contributed by atoms with Crippen LogP contribution in [-0.2, 0) is 0 Å². The van der Waals surface area contributed by atoms with E-state index in [1.54, 1.807) is 23.6 Å². The molecule has 0 atom stereocenters. The number of ether oxygens (including phenoxy) is 3. The molecule has 0 bridgehead atoms. The SMILES string of the molecule is CCOc1ccc(Nc2nc(C(=O)Nc3ccc4c(c3)OCCO4)cs2)cc1. The summed E-state index contributed by atoms with van der Waals surface area (Å²) >= 11 is 1.36. The summed E-state index contributed by atoms with van der Waals surface area (Å²) in [5.74, 6) is 1.83. The summed E-state index contributed by atoms with van der Waals surface area (Å²) in [6.07, 6.45) is 0. The van der Waals surface area contributed by atoms with Crippen molar-refractivity contribution in [1.82, 2.24) is 4.98 Å². The Balaban J connectivity index is 1.40. The maximum Gasteiger partial charge on any atom is 0.275 e. The molecule has 0 saturated carbocycles. The van der Waals surface area contributed by atoms with Crippen molar-refractivity contribution >= 4 is 33.8 Å². The fourth-order valence-corrected chi connectivity index (χ4v) is 3.39. The lowest BCUT2D eigenvalue weighted by molar-refractivity contribution is 0.102. The van der Waals surface area contributed by atoms with Crippen LogP contribution >= 0.6 is 11.3 Å². The highest BCUT2D eigenvalue weighted by atomic mass is 32.1. The van der Waals surface area contributed by atoms with Gasteiger partial charge in [-0.25, -0.2) is 4.98 Å². The topological polar surface area (TPSA) is 81.7 Å². The number of thiazole rings is 1. The van der Waals surface area contributed by atoms with E-state index in [2.05, 4.69) is 15.6 Å². The fourth-order valence-electron chi connectivity index (χ4n) is 2.68. The van der Waals surface area contributed by atoms with Gasteiger partial charge >= 0.3 is 0 Å². The van der Waals surface area contributed by atoms with Gasteiger partial charge in [0.25, 0.3) is 5.91 Å². The number of rotatable bonds is 6. The van der Waals surface area contributed by atoms with Crippen LogP contribution in [0.2, 0.25) is 0 Å². The minimum atomic E-state index is -0.285. The molecule has 0 fully saturated rings. The van der Waals surface area contributed by atoms with E-state index in [1.165, 1.54) is 11.3 Å². The Bertz CT molecular complexity index is 972. The van der Waals surface area contributed by atoms with Crippen molar-refractivity contribution in [3.63, 3.8) is 0 Å². The Morgan fingerprint density at radius 3 is 2.64 bits per heavy atom.